The summed E-state index contributed by atoms with van der Waals surface area (Å²) in [5, 5.41) is 13.5. The molecule has 17 heavy (non-hydrogen) atoms. The maximum absolute atomic E-state index is 11.4. The Kier molecular flexibility index (Phi) is 4.03. The number of benzene rings is 1. The molecule has 0 spiro atoms. The van der Waals surface area contributed by atoms with E-state index < -0.39 is 4.92 Å². The van der Waals surface area contributed by atoms with Gasteiger partial charge >= 0.3 is 0 Å². The molecule has 1 aromatic rings. The minimum atomic E-state index is -0.460. The van der Waals surface area contributed by atoms with Gasteiger partial charge in [-0.2, -0.15) is 0 Å². The molecule has 1 aromatic carbocycles. The Labute approximate surface area is 99.4 Å². The van der Waals surface area contributed by atoms with Crippen LogP contribution in [0.25, 0.3) is 0 Å². The van der Waals surface area contributed by atoms with E-state index in [0.717, 1.165) is 5.56 Å². The first-order chi connectivity index (χ1) is 7.91. The van der Waals surface area contributed by atoms with Crippen molar-refractivity contribution < 1.29 is 9.72 Å². The van der Waals surface area contributed by atoms with Crippen LogP contribution in [0.5, 0.6) is 0 Å². The molecule has 0 aromatic heterocycles. The summed E-state index contributed by atoms with van der Waals surface area (Å²) >= 11 is 0. The third-order valence-corrected chi connectivity index (χ3v) is 2.36. The van der Waals surface area contributed by atoms with E-state index in [1.54, 1.807) is 20.2 Å². The fourth-order valence-corrected chi connectivity index (χ4v) is 1.24. The molecule has 0 saturated carbocycles. The molecule has 0 aliphatic heterocycles. The highest BCUT2D eigenvalue weighted by molar-refractivity contribution is 5.80. The fourth-order valence-electron chi connectivity index (χ4n) is 1.24. The largest absolute Gasteiger partial charge is 0.376 e. The smallest absolute Gasteiger partial charge is 0.271 e. The number of rotatable bonds is 4. The number of carbonyl (C=O) groups is 1. The number of carbonyl (C=O) groups excluding carboxylic acids is 1. The molecule has 1 amide bonds. The van der Waals surface area contributed by atoms with Crippen molar-refractivity contribution in [2.45, 2.75) is 6.92 Å². The average molecular weight is 237 g/mol. The van der Waals surface area contributed by atoms with E-state index in [2.05, 4.69) is 5.32 Å². The molecule has 0 heterocycles. The predicted octanol–water partition coefficient (Wildman–Crippen LogP) is 1.40. The average Bonchev–Trinajstić information content (AvgIpc) is 2.26. The summed E-state index contributed by atoms with van der Waals surface area (Å²) < 4.78 is 0. The summed E-state index contributed by atoms with van der Waals surface area (Å²) in [4.78, 5) is 23.0. The normalized spacial score (nSPS) is 9.82. The Bertz CT molecular complexity index is 444. The number of amides is 1. The zero-order valence-corrected chi connectivity index (χ0v) is 10.1. The van der Waals surface area contributed by atoms with Crippen LogP contribution in [0.3, 0.4) is 0 Å². The number of aryl methyl sites for hydroxylation is 1. The summed E-state index contributed by atoms with van der Waals surface area (Å²) in [7, 11) is 3.31. The highest BCUT2D eigenvalue weighted by Gasteiger charge is 2.10. The topological polar surface area (TPSA) is 75.5 Å². The molecule has 0 unspecified atom stereocenters. The monoisotopic (exact) mass is 237 g/mol. The lowest BCUT2D eigenvalue weighted by atomic mass is 10.2. The van der Waals surface area contributed by atoms with Gasteiger partial charge in [0.25, 0.3) is 5.69 Å². The molecule has 0 aliphatic rings. The number of hydrogen-bond donors (Lipinski definition) is 1. The lowest BCUT2D eigenvalue weighted by Crippen LogP contribution is -2.28. The van der Waals surface area contributed by atoms with Crippen molar-refractivity contribution in [2.24, 2.45) is 0 Å². The fraction of sp³-hybridized carbons (Fsp3) is 0.364. The Morgan fingerprint density at radius 1 is 1.47 bits per heavy atom. The summed E-state index contributed by atoms with van der Waals surface area (Å²) in [5.41, 5.74) is 1.48. The maximum Gasteiger partial charge on any atom is 0.271 e. The third-order valence-electron chi connectivity index (χ3n) is 2.36. The zero-order chi connectivity index (χ0) is 13.0. The number of likely N-dealkylation sites (N-methyl/N-ethyl adjacent to an activating group) is 1. The Morgan fingerprint density at radius 2 is 2.12 bits per heavy atom. The summed E-state index contributed by atoms with van der Waals surface area (Å²) in [6.45, 7) is 1.95. The molecule has 0 saturated heterocycles. The number of non-ortho nitro benzene ring substituents is 1. The van der Waals surface area contributed by atoms with E-state index in [1.165, 1.54) is 17.0 Å². The van der Waals surface area contributed by atoms with Crippen molar-refractivity contribution in [2.75, 3.05) is 26.0 Å². The van der Waals surface area contributed by atoms with Gasteiger partial charge in [-0.1, -0.05) is 6.07 Å². The van der Waals surface area contributed by atoms with Gasteiger partial charge in [0.1, 0.15) is 0 Å². The van der Waals surface area contributed by atoms with Crippen LogP contribution < -0.4 is 5.32 Å². The summed E-state index contributed by atoms with van der Waals surface area (Å²) in [6, 6.07) is 4.52. The third kappa shape index (κ3) is 3.44. The minimum Gasteiger partial charge on any atom is -0.376 e. The molecule has 6 nitrogen and oxygen atoms in total. The first kappa shape index (κ1) is 13.0. The van der Waals surface area contributed by atoms with Gasteiger partial charge < -0.3 is 10.2 Å². The minimum absolute atomic E-state index is 0.00963. The first-order valence-electron chi connectivity index (χ1n) is 5.11. The molecule has 0 radical (unpaired) electrons. The van der Waals surface area contributed by atoms with Gasteiger partial charge in [-0.3, -0.25) is 14.9 Å². The molecule has 0 atom stereocenters. The lowest BCUT2D eigenvalue weighted by Gasteiger charge is -2.13. The molecular weight excluding hydrogens is 222 g/mol. The van der Waals surface area contributed by atoms with Crippen LogP contribution in [-0.2, 0) is 4.79 Å². The highest BCUT2D eigenvalue weighted by atomic mass is 16.6. The predicted molar refractivity (Wildman–Crippen MR) is 65.0 cm³/mol. The number of nitrogens with one attached hydrogen (secondary N) is 1. The molecule has 0 fully saturated rings. The second kappa shape index (κ2) is 5.29. The number of nitrogens with zero attached hydrogens (tertiary/aromatic N) is 2. The van der Waals surface area contributed by atoms with Crippen molar-refractivity contribution >= 4 is 17.3 Å². The molecule has 1 N–H and O–H groups in total. The van der Waals surface area contributed by atoms with Crippen molar-refractivity contribution in [3.63, 3.8) is 0 Å². The van der Waals surface area contributed by atoms with Gasteiger partial charge in [-0.25, -0.2) is 0 Å². The van der Waals surface area contributed by atoms with Gasteiger partial charge in [0.2, 0.25) is 5.91 Å². The molecule has 0 bridgehead atoms. The van der Waals surface area contributed by atoms with Crippen LogP contribution in [0.15, 0.2) is 18.2 Å². The van der Waals surface area contributed by atoms with Crippen LogP contribution in [-0.4, -0.2) is 36.4 Å². The van der Waals surface area contributed by atoms with Crippen LogP contribution in [0.1, 0.15) is 5.56 Å². The van der Waals surface area contributed by atoms with Crippen molar-refractivity contribution in [3.05, 3.63) is 33.9 Å². The van der Waals surface area contributed by atoms with E-state index >= 15 is 0 Å². The first-order valence-corrected chi connectivity index (χ1v) is 5.11. The van der Waals surface area contributed by atoms with Crippen molar-refractivity contribution in [1.82, 2.24) is 4.90 Å². The van der Waals surface area contributed by atoms with Gasteiger partial charge in [0.05, 0.1) is 11.5 Å². The van der Waals surface area contributed by atoms with Crippen LogP contribution >= 0.6 is 0 Å². The maximum atomic E-state index is 11.4. The molecular formula is C11H15N3O3. The van der Waals surface area contributed by atoms with Crippen LogP contribution in [0.4, 0.5) is 11.4 Å². The number of anilines is 1. The zero-order valence-electron chi connectivity index (χ0n) is 10.1. The van der Waals surface area contributed by atoms with Gasteiger partial charge in [-0.05, 0) is 12.5 Å². The quantitative estimate of drug-likeness (QED) is 0.634. The second-order valence-corrected chi connectivity index (χ2v) is 3.90. The number of hydrogen-bond acceptors (Lipinski definition) is 4. The Hall–Kier alpha value is -2.11. The summed E-state index contributed by atoms with van der Waals surface area (Å²) in [6.07, 6.45) is 0. The standard InChI is InChI=1S/C11H15N3O3/c1-8-4-5-9(14(16)17)6-10(8)12-7-11(15)13(2)3/h4-6,12H,7H2,1-3H3. The van der Waals surface area contributed by atoms with Gasteiger partial charge in [-0.15, -0.1) is 0 Å². The molecule has 6 heteroatoms. The number of nitro benzene ring substituents is 1. The number of nitro groups is 1. The van der Waals surface area contributed by atoms with E-state index in [1.807, 2.05) is 6.92 Å². The molecule has 0 aliphatic carbocycles. The van der Waals surface area contributed by atoms with E-state index in [-0.39, 0.29) is 18.1 Å². The Morgan fingerprint density at radius 3 is 2.65 bits per heavy atom. The second-order valence-electron chi connectivity index (χ2n) is 3.90. The molecule has 92 valence electrons. The van der Waals surface area contributed by atoms with Crippen LogP contribution in [0, 0.1) is 17.0 Å². The summed E-state index contributed by atoms with van der Waals surface area (Å²) in [5.74, 6) is -0.0871. The SMILES string of the molecule is Cc1ccc([N+](=O)[O-])cc1NCC(=O)N(C)C. The van der Waals surface area contributed by atoms with Crippen molar-refractivity contribution in [3.8, 4) is 0 Å². The lowest BCUT2D eigenvalue weighted by molar-refractivity contribution is -0.384. The van der Waals surface area contributed by atoms with E-state index in [4.69, 9.17) is 0 Å². The highest BCUT2D eigenvalue weighted by Crippen LogP contribution is 2.21. The Balaban J connectivity index is 2.80. The van der Waals surface area contributed by atoms with E-state index in [0.29, 0.717) is 5.69 Å². The van der Waals surface area contributed by atoms with Crippen LogP contribution in [0.2, 0.25) is 0 Å². The molecule has 1 rings (SSSR count). The van der Waals surface area contributed by atoms with Gasteiger partial charge in [0, 0.05) is 31.9 Å². The van der Waals surface area contributed by atoms with E-state index in [9.17, 15) is 14.9 Å². The van der Waals surface area contributed by atoms with Crippen molar-refractivity contribution in [1.29, 1.82) is 0 Å². The van der Waals surface area contributed by atoms with Gasteiger partial charge in [0.15, 0.2) is 0 Å².